The highest BCUT2D eigenvalue weighted by Crippen LogP contribution is 2.23. The highest BCUT2D eigenvalue weighted by Gasteiger charge is 2.23. The van der Waals surface area contributed by atoms with Crippen LogP contribution in [0.1, 0.15) is 50.8 Å². The van der Waals surface area contributed by atoms with Crippen molar-refractivity contribution < 1.29 is 14.3 Å². The summed E-state index contributed by atoms with van der Waals surface area (Å²) >= 11 is 0. The topological polar surface area (TPSA) is 90.3 Å². The molecule has 2 atom stereocenters. The zero-order valence-electron chi connectivity index (χ0n) is 15.2. The lowest BCUT2D eigenvalue weighted by molar-refractivity contribution is -0.130. The maximum Gasteiger partial charge on any atom is 0.255 e. The summed E-state index contributed by atoms with van der Waals surface area (Å²) in [5, 5.41) is 10.6. The van der Waals surface area contributed by atoms with Crippen molar-refractivity contribution >= 4 is 11.9 Å². The number of ether oxygens (including phenoxy) is 2. The number of hydrogen-bond acceptors (Lipinski definition) is 6. The second-order valence-corrected chi connectivity index (χ2v) is 6.89. The van der Waals surface area contributed by atoms with E-state index < -0.39 is 6.10 Å². The van der Waals surface area contributed by atoms with Crippen molar-refractivity contribution in [1.82, 2.24) is 20.1 Å². The van der Waals surface area contributed by atoms with Gasteiger partial charge in [0.1, 0.15) is 6.10 Å². The van der Waals surface area contributed by atoms with Crippen molar-refractivity contribution in [1.29, 1.82) is 0 Å². The normalized spacial score (nSPS) is 23.4. The van der Waals surface area contributed by atoms with E-state index in [0.29, 0.717) is 18.5 Å². The first kappa shape index (κ1) is 18.3. The first-order valence-corrected chi connectivity index (χ1v) is 9.29. The van der Waals surface area contributed by atoms with E-state index in [-0.39, 0.29) is 12.0 Å². The lowest BCUT2D eigenvalue weighted by Gasteiger charge is -2.23. The summed E-state index contributed by atoms with van der Waals surface area (Å²) in [5.74, 6) is 1.43. The number of rotatable bonds is 6. The predicted molar refractivity (Wildman–Crippen MR) is 93.5 cm³/mol. The first-order valence-electron chi connectivity index (χ1n) is 9.29. The van der Waals surface area contributed by atoms with Gasteiger partial charge in [0, 0.05) is 19.6 Å². The second kappa shape index (κ2) is 8.73. The average molecular weight is 351 g/mol. The second-order valence-electron chi connectivity index (χ2n) is 6.89. The minimum Gasteiger partial charge on any atom is -0.376 e. The van der Waals surface area contributed by atoms with Gasteiger partial charge in [-0.2, -0.15) is 10.1 Å². The predicted octanol–water partition coefficient (Wildman–Crippen LogP) is 1.19. The Bertz CT molecular complexity index is 565. The third-order valence-electron chi connectivity index (χ3n) is 4.89. The maximum atomic E-state index is 12.4. The molecular formula is C17H29N5O3. The lowest BCUT2D eigenvalue weighted by Crippen LogP contribution is -2.33. The molecule has 1 amide bonds. The number of amides is 1. The van der Waals surface area contributed by atoms with Gasteiger partial charge in [0.25, 0.3) is 5.91 Å². The van der Waals surface area contributed by atoms with Gasteiger partial charge in [-0.15, -0.1) is 0 Å². The number of nitrogens with one attached hydrogen (secondary N) is 2. The fourth-order valence-electron chi connectivity index (χ4n) is 3.24. The Balaban J connectivity index is 1.50. The van der Waals surface area contributed by atoms with Crippen LogP contribution in [-0.4, -0.2) is 59.2 Å². The minimum atomic E-state index is -0.551. The molecule has 8 heteroatoms. The van der Waals surface area contributed by atoms with Gasteiger partial charge in [-0.1, -0.05) is 0 Å². The number of hydrogen-bond donors (Lipinski definition) is 2. The molecule has 0 bridgehead atoms. The van der Waals surface area contributed by atoms with E-state index >= 15 is 0 Å². The molecule has 0 radical (unpaired) electrons. The molecule has 1 aromatic heterocycles. The summed E-state index contributed by atoms with van der Waals surface area (Å²) in [7, 11) is 1.80. The van der Waals surface area contributed by atoms with E-state index in [1.54, 1.807) is 18.7 Å². The van der Waals surface area contributed by atoms with E-state index in [0.717, 1.165) is 57.6 Å². The summed E-state index contributed by atoms with van der Waals surface area (Å²) in [6.45, 7) is 4.96. The summed E-state index contributed by atoms with van der Waals surface area (Å²) < 4.78 is 12.9. The van der Waals surface area contributed by atoms with Crippen LogP contribution in [0.25, 0.3) is 0 Å². The van der Waals surface area contributed by atoms with Crippen molar-refractivity contribution in [3.63, 3.8) is 0 Å². The molecule has 0 aromatic carbocycles. The molecule has 2 aliphatic heterocycles. The Morgan fingerprint density at radius 1 is 1.40 bits per heavy atom. The Morgan fingerprint density at radius 3 is 2.92 bits per heavy atom. The molecular weight excluding hydrogens is 322 g/mol. The van der Waals surface area contributed by atoms with Crippen molar-refractivity contribution in [2.24, 2.45) is 7.05 Å². The molecule has 2 N–H and O–H groups in total. The molecule has 3 heterocycles. The van der Waals surface area contributed by atoms with Gasteiger partial charge < -0.3 is 14.8 Å². The number of carbonyl (C=O) groups excluding carboxylic acids is 1. The molecule has 3 rings (SSSR count). The van der Waals surface area contributed by atoms with Gasteiger partial charge in [-0.05, 0) is 52.1 Å². The number of nitrogens with zero attached hydrogens (tertiary/aromatic N) is 3. The van der Waals surface area contributed by atoms with Gasteiger partial charge in [0.15, 0.2) is 5.82 Å². The molecule has 2 fully saturated rings. The summed E-state index contributed by atoms with van der Waals surface area (Å²) in [6, 6.07) is 0. The smallest absolute Gasteiger partial charge is 0.255 e. The molecule has 2 unspecified atom stereocenters. The molecule has 2 saturated heterocycles. The number of carbonyl (C=O) groups is 1. The number of anilines is 1. The van der Waals surface area contributed by atoms with Crippen molar-refractivity contribution in [2.45, 2.75) is 57.2 Å². The van der Waals surface area contributed by atoms with Crippen molar-refractivity contribution in [3.8, 4) is 0 Å². The van der Waals surface area contributed by atoms with Crippen LogP contribution in [0.4, 0.5) is 5.95 Å². The quantitative estimate of drug-likeness (QED) is 0.800. The Morgan fingerprint density at radius 2 is 2.20 bits per heavy atom. The number of piperidine rings is 1. The zero-order valence-corrected chi connectivity index (χ0v) is 15.2. The van der Waals surface area contributed by atoms with E-state index in [1.165, 1.54) is 0 Å². The van der Waals surface area contributed by atoms with Crippen molar-refractivity contribution in [2.75, 3.05) is 31.6 Å². The molecule has 0 spiro atoms. The summed E-state index contributed by atoms with van der Waals surface area (Å²) in [5.41, 5.74) is 0. The van der Waals surface area contributed by atoms with Crippen LogP contribution in [0.5, 0.6) is 0 Å². The van der Waals surface area contributed by atoms with E-state index in [2.05, 4.69) is 20.7 Å². The van der Waals surface area contributed by atoms with Gasteiger partial charge in [0.05, 0.1) is 12.7 Å². The van der Waals surface area contributed by atoms with Crippen LogP contribution in [-0.2, 0) is 21.3 Å². The fraction of sp³-hybridized carbons (Fsp3) is 0.824. The molecule has 140 valence electrons. The van der Waals surface area contributed by atoms with Gasteiger partial charge in [-0.3, -0.25) is 10.1 Å². The molecule has 25 heavy (non-hydrogen) atoms. The molecule has 0 aliphatic carbocycles. The van der Waals surface area contributed by atoms with Crippen LogP contribution in [0.3, 0.4) is 0 Å². The van der Waals surface area contributed by atoms with Crippen molar-refractivity contribution in [3.05, 3.63) is 5.82 Å². The van der Waals surface area contributed by atoms with Crippen LogP contribution in [0.15, 0.2) is 0 Å². The first-order chi connectivity index (χ1) is 12.1. The van der Waals surface area contributed by atoms with Crippen LogP contribution in [0, 0.1) is 0 Å². The summed E-state index contributed by atoms with van der Waals surface area (Å²) in [6.07, 6.45) is 4.87. The Labute approximate surface area is 148 Å². The lowest BCUT2D eigenvalue weighted by atomic mass is 9.98. The zero-order chi connectivity index (χ0) is 17.6. The summed E-state index contributed by atoms with van der Waals surface area (Å²) in [4.78, 5) is 16.9. The third kappa shape index (κ3) is 4.99. The van der Waals surface area contributed by atoms with Gasteiger partial charge >= 0.3 is 0 Å². The number of aryl methyl sites for hydroxylation is 1. The van der Waals surface area contributed by atoms with Gasteiger partial charge in [0.2, 0.25) is 5.95 Å². The Kier molecular flexibility index (Phi) is 6.39. The molecule has 8 nitrogen and oxygen atoms in total. The molecule has 1 aromatic rings. The Hall–Kier alpha value is -1.51. The fourth-order valence-corrected chi connectivity index (χ4v) is 3.24. The van der Waals surface area contributed by atoms with Crippen LogP contribution >= 0.6 is 0 Å². The van der Waals surface area contributed by atoms with E-state index in [1.807, 2.05) is 0 Å². The van der Waals surface area contributed by atoms with E-state index in [4.69, 9.17) is 9.47 Å². The largest absolute Gasteiger partial charge is 0.376 e. The monoisotopic (exact) mass is 351 g/mol. The number of aromatic nitrogens is 3. The highest BCUT2D eigenvalue weighted by molar-refractivity contribution is 5.92. The average Bonchev–Trinajstić information content (AvgIpc) is 3.02. The molecule has 2 aliphatic rings. The minimum absolute atomic E-state index is 0.102. The maximum absolute atomic E-state index is 12.4. The SMILES string of the molecule is CC(OCC1CCCCO1)C(=O)Nc1nc(C2CCNCC2)nn1C. The standard InChI is InChI=1S/C17H29N5O3/c1-12(25-11-14-5-3-4-10-24-14)16(23)20-17-19-15(21-22(17)2)13-6-8-18-9-7-13/h12-14,18H,3-11H2,1-2H3,(H,19,20,21,23). The molecule has 0 saturated carbocycles. The highest BCUT2D eigenvalue weighted by atomic mass is 16.5. The van der Waals surface area contributed by atoms with E-state index in [9.17, 15) is 4.79 Å². The van der Waals surface area contributed by atoms with Crippen LogP contribution in [0.2, 0.25) is 0 Å². The van der Waals surface area contributed by atoms with Gasteiger partial charge in [-0.25, -0.2) is 4.68 Å². The van der Waals surface area contributed by atoms with Crippen LogP contribution < -0.4 is 10.6 Å². The third-order valence-corrected chi connectivity index (χ3v) is 4.89.